The van der Waals surface area contributed by atoms with Crippen LogP contribution in [0.2, 0.25) is 0 Å². The van der Waals surface area contributed by atoms with E-state index in [2.05, 4.69) is 10.2 Å². The number of fused-ring (bicyclic) bond motifs is 1. The van der Waals surface area contributed by atoms with E-state index < -0.39 is 0 Å². The second kappa shape index (κ2) is 6.98. The molecule has 0 atom stereocenters. The number of nitrogens with one attached hydrogen (secondary N) is 1. The van der Waals surface area contributed by atoms with Crippen LogP contribution in [0.1, 0.15) is 5.76 Å². The van der Waals surface area contributed by atoms with E-state index in [1.807, 2.05) is 35.0 Å². The molecule has 0 aliphatic carbocycles. The Morgan fingerprint density at radius 1 is 1.20 bits per heavy atom. The molecule has 1 aliphatic rings. The van der Waals surface area contributed by atoms with Crippen molar-refractivity contribution in [3.63, 3.8) is 0 Å². The van der Waals surface area contributed by atoms with Gasteiger partial charge in [0.05, 0.1) is 26.0 Å². The SMILES string of the molecule is O=C(Cn1ccc2ccc(N3CCOCC3)nc21)NCc1ccco1. The van der Waals surface area contributed by atoms with E-state index in [0.29, 0.717) is 6.54 Å². The molecule has 0 aromatic carbocycles. The van der Waals surface area contributed by atoms with Gasteiger partial charge in [-0.05, 0) is 30.3 Å². The number of carbonyl (C=O) groups is 1. The third-order valence-electron chi connectivity index (χ3n) is 4.29. The van der Waals surface area contributed by atoms with Crippen LogP contribution in [0.3, 0.4) is 0 Å². The molecular formula is C18H20N4O3. The van der Waals surface area contributed by atoms with Crippen LogP contribution < -0.4 is 10.2 Å². The molecule has 0 spiro atoms. The van der Waals surface area contributed by atoms with E-state index in [-0.39, 0.29) is 12.5 Å². The summed E-state index contributed by atoms with van der Waals surface area (Å²) in [6, 6.07) is 9.68. The smallest absolute Gasteiger partial charge is 0.240 e. The highest BCUT2D eigenvalue weighted by molar-refractivity contribution is 5.82. The highest BCUT2D eigenvalue weighted by Crippen LogP contribution is 2.20. The Morgan fingerprint density at radius 3 is 2.88 bits per heavy atom. The lowest BCUT2D eigenvalue weighted by molar-refractivity contribution is -0.121. The van der Waals surface area contributed by atoms with Gasteiger partial charge in [0.2, 0.25) is 5.91 Å². The number of hydrogen-bond donors (Lipinski definition) is 1. The maximum atomic E-state index is 12.2. The van der Waals surface area contributed by atoms with E-state index >= 15 is 0 Å². The number of ether oxygens (including phenoxy) is 1. The molecule has 0 bridgehead atoms. The standard InChI is InChI=1S/C18H20N4O3/c23-17(19-12-15-2-1-9-25-15)13-22-6-5-14-3-4-16(20-18(14)22)21-7-10-24-11-8-21/h1-6,9H,7-8,10-13H2,(H,19,23). The second-order valence-corrected chi connectivity index (χ2v) is 5.98. The minimum atomic E-state index is -0.0764. The zero-order chi connectivity index (χ0) is 17.1. The van der Waals surface area contributed by atoms with Crippen molar-refractivity contribution in [1.29, 1.82) is 0 Å². The van der Waals surface area contributed by atoms with Crippen molar-refractivity contribution in [2.45, 2.75) is 13.1 Å². The summed E-state index contributed by atoms with van der Waals surface area (Å²) in [5.74, 6) is 1.58. The summed E-state index contributed by atoms with van der Waals surface area (Å²) >= 11 is 0. The number of pyridine rings is 1. The topological polar surface area (TPSA) is 72.5 Å². The van der Waals surface area contributed by atoms with Gasteiger partial charge in [0.25, 0.3) is 0 Å². The third-order valence-corrected chi connectivity index (χ3v) is 4.29. The van der Waals surface area contributed by atoms with Crippen molar-refractivity contribution < 1.29 is 13.9 Å². The van der Waals surface area contributed by atoms with E-state index in [9.17, 15) is 4.79 Å². The molecule has 1 saturated heterocycles. The molecule has 1 aliphatic heterocycles. The summed E-state index contributed by atoms with van der Waals surface area (Å²) in [5.41, 5.74) is 0.817. The minimum absolute atomic E-state index is 0.0764. The van der Waals surface area contributed by atoms with Crippen molar-refractivity contribution in [2.24, 2.45) is 0 Å². The van der Waals surface area contributed by atoms with Crippen molar-refractivity contribution in [1.82, 2.24) is 14.9 Å². The maximum absolute atomic E-state index is 12.2. The molecule has 1 amide bonds. The molecule has 4 heterocycles. The first kappa shape index (κ1) is 15.7. The molecular weight excluding hydrogens is 320 g/mol. The summed E-state index contributed by atoms with van der Waals surface area (Å²) in [6.45, 7) is 3.72. The predicted molar refractivity (Wildman–Crippen MR) is 93.3 cm³/mol. The Balaban J connectivity index is 1.48. The van der Waals surface area contributed by atoms with Crippen molar-refractivity contribution in [2.75, 3.05) is 31.2 Å². The van der Waals surface area contributed by atoms with E-state index in [4.69, 9.17) is 14.1 Å². The van der Waals surface area contributed by atoms with Gasteiger partial charge in [-0.15, -0.1) is 0 Å². The highest BCUT2D eigenvalue weighted by Gasteiger charge is 2.14. The number of rotatable bonds is 5. The number of hydrogen-bond acceptors (Lipinski definition) is 5. The first-order chi connectivity index (χ1) is 12.3. The maximum Gasteiger partial charge on any atom is 0.240 e. The zero-order valence-electron chi connectivity index (χ0n) is 13.9. The van der Waals surface area contributed by atoms with Crippen LogP contribution in [-0.2, 0) is 22.6 Å². The van der Waals surface area contributed by atoms with Gasteiger partial charge in [0.15, 0.2) is 0 Å². The summed E-state index contributed by atoms with van der Waals surface area (Å²) in [6.07, 6.45) is 3.49. The quantitative estimate of drug-likeness (QED) is 0.766. The number of aromatic nitrogens is 2. The average Bonchev–Trinajstić information content (AvgIpc) is 3.31. The van der Waals surface area contributed by atoms with Crippen LogP contribution >= 0.6 is 0 Å². The molecule has 3 aromatic rings. The Labute approximate surface area is 145 Å². The second-order valence-electron chi connectivity index (χ2n) is 5.98. The Morgan fingerprint density at radius 2 is 2.08 bits per heavy atom. The monoisotopic (exact) mass is 340 g/mol. The van der Waals surface area contributed by atoms with Gasteiger partial charge in [-0.3, -0.25) is 4.79 Å². The normalized spacial score (nSPS) is 14.8. The lowest BCUT2D eigenvalue weighted by Crippen LogP contribution is -2.36. The fraction of sp³-hybridized carbons (Fsp3) is 0.333. The van der Waals surface area contributed by atoms with Crippen molar-refractivity contribution in [3.05, 3.63) is 48.6 Å². The van der Waals surface area contributed by atoms with Gasteiger partial charge in [0, 0.05) is 24.7 Å². The molecule has 0 saturated carbocycles. The molecule has 7 heteroatoms. The average molecular weight is 340 g/mol. The fourth-order valence-electron chi connectivity index (χ4n) is 2.96. The Bertz CT molecular complexity index is 850. The Kier molecular flexibility index (Phi) is 4.39. The third kappa shape index (κ3) is 3.51. The molecule has 130 valence electrons. The van der Waals surface area contributed by atoms with Crippen LogP contribution in [0.4, 0.5) is 5.82 Å². The number of nitrogens with zero attached hydrogens (tertiary/aromatic N) is 3. The number of anilines is 1. The van der Waals surface area contributed by atoms with Gasteiger partial charge in [-0.1, -0.05) is 0 Å². The first-order valence-electron chi connectivity index (χ1n) is 8.37. The van der Waals surface area contributed by atoms with Crippen molar-refractivity contribution in [3.8, 4) is 0 Å². The van der Waals surface area contributed by atoms with Crippen LogP contribution in [0.5, 0.6) is 0 Å². The van der Waals surface area contributed by atoms with Crippen LogP contribution in [0.25, 0.3) is 11.0 Å². The Hall–Kier alpha value is -2.80. The lowest BCUT2D eigenvalue weighted by atomic mass is 10.3. The molecule has 0 unspecified atom stereocenters. The van der Waals surface area contributed by atoms with Gasteiger partial charge in [-0.25, -0.2) is 4.98 Å². The largest absolute Gasteiger partial charge is 0.467 e. The van der Waals surface area contributed by atoms with Gasteiger partial charge < -0.3 is 23.9 Å². The predicted octanol–water partition coefficient (Wildman–Crippen LogP) is 1.78. The fourth-order valence-corrected chi connectivity index (χ4v) is 2.96. The molecule has 1 fully saturated rings. The molecule has 3 aromatic heterocycles. The van der Waals surface area contributed by atoms with Crippen LogP contribution in [-0.4, -0.2) is 41.8 Å². The minimum Gasteiger partial charge on any atom is -0.467 e. The number of carbonyl (C=O) groups excluding carboxylic acids is 1. The first-order valence-corrected chi connectivity index (χ1v) is 8.37. The number of morpholine rings is 1. The lowest BCUT2D eigenvalue weighted by Gasteiger charge is -2.27. The summed E-state index contributed by atoms with van der Waals surface area (Å²) < 4.78 is 12.5. The number of amides is 1. The molecule has 7 nitrogen and oxygen atoms in total. The molecule has 25 heavy (non-hydrogen) atoms. The summed E-state index contributed by atoms with van der Waals surface area (Å²) in [4.78, 5) is 19.2. The van der Waals surface area contributed by atoms with Crippen LogP contribution in [0, 0.1) is 0 Å². The van der Waals surface area contributed by atoms with Gasteiger partial charge in [0.1, 0.15) is 23.8 Å². The van der Waals surface area contributed by atoms with Gasteiger partial charge in [-0.2, -0.15) is 0 Å². The summed E-state index contributed by atoms with van der Waals surface area (Å²) in [7, 11) is 0. The summed E-state index contributed by atoms with van der Waals surface area (Å²) in [5, 5.41) is 3.88. The highest BCUT2D eigenvalue weighted by atomic mass is 16.5. The van der Waals surface area contributed by atoms with E-state index in [1.54, 1.807) is 12.3 Å². The van der Waals surface area contributed by atoms with Gasteiger partial charge >= 0.3 is 0 Å². The van der Waals surface area contributed by atoms with Crippen LogP contribution in [0.15, 0.2) is 47.2 Å². The molecule has 4 rings (SSSR count). The van der Waals surface area contributed by atoms with E-state index in [1.165, 1.54) is 0 Å². The molecule has 1 N–H and O–H groups in total. The molecule has 0 radical (unpaired) electrons. The van der Waals surface area contributed by atoms with E-state index in [0.717, 1.165) is 48.9 Å². The zero-order valence-corrected chi connectivity index (χ0v) is 13.9. The number of furan rings is 1. The van der Waals surface area contributed by atoms with Crippen molar-refractivity contribution >= 4 is 22.8 Å².